The lowest BCUT2D eigenvalue weighted by atomic mass is 9.94. The summed E-state index contributed by atoms with van der Waals surface area (Å²) in [6.07, 6.45) is 8.12. The third kappa shape index (κ3) is 15.9. The zero-order chi connectivity index (χ0) is 38.7. The summed E-state index contributed by atoms with van der Waals surface area (Å²) >= 11 is 0. The Hall–Kier alpha value is -3.26. The topological polar surface area (TPSA) is 209 Å². The summed E-state index contributed by atoms with van der Waals surface area (Å²) in [6.45, 7) is 11.9. The fourth-order valence-corrected chi connectivity index (χ4v) is 6.10. The first-order chi connectivity index (χ1) is 24.1. The summed E-state index contributed by atoms with van der Waals surface area (Å²) in [5.41, 5.74) is 5.84. The molecule has 0 bridgehead atoms. The molecule has 0 aliphatic carbocycles. The van der Waals surface area contributed by atoms with Crippen LogP contribution in [-0.2, 0) is 33.5 Å². The molecular formula is C37H68N6O8. The average molecular weight is 725 g/mol. The van der Waals surface area contributed by atoms with Gasteiger partial charge < -0.3 is 41.7 Å². The van der Waals surface area contributed by atoms with Gasteiger partial charge in [-0.05, 0) is 44.4 Å². The van der Waals surface area contributed by atoms with Crippen LogP contribution in [0.25, 0.3) is 0 Å². The number of hydrogen-bond acceptors (Lipinski definition) is 9. The Kier molecular flexibility index (Phi) is 21.6. The zero-order valence-electron chi connectivity index (χ0n) is 32.4. The number of rotatable bonds is 16. The minimum atomic E-state index is -1.48. The van der Waals surface area contributed by atoms with Gasteiger partial charge in [0.1, 0.15) is 36.8 Å². The van der Waals surface area contributed by atoms with Crippen LogP contribution in [0.3, 0.4) is 0 Å². The number of nitrogens with one attached hydrogen (secondary N) is 4. The SMILES string of the molecule is CCCCCCCCCC[C@H]1OC(=O)CNC(=O)[C@H]([C@H](C)O)NC(=O)[C@H](CN)NC(=O)[C@H]([C@H](C)CC)NC(=O)[C@H](CCC(C)C)N(C)C(=O)[C@@H]1C. The number of likely N-dealkylation sites (N-methyl/N-ethyl adjacent to an activating group) is 1. The van der Waals surface area contributed by atoms with E-state index in [2.05, 4.69) is 28.2 Å². The number of carbonyl (C=O) groups excluding carboxylic acids is 6. The molecule has 7 N–H and O–H groups in total. The Bertz CT molecular complexity index is 1120. The number of nitrogens with two attached hydrogens (primary N) is 1. The van der Waals surface area contributed by atoms with Gasteiger partial charge in [0.05, 0.1) is 12.0 Å². The quantitative estimate of drug-likeness (QED) is 0.102. The average Bonchev–Trinajstić information content (AvgIpc) is 3.09. The summed E-state index contributed by atoms with van der Waals surface area (Å²) in [5.74, 6) is -5.00. The van der Waals surface area contributed by atoms with Gasteiger partial charge in [-0.2, -0.15) is 0 Å². The van der Waals surface area contributed by atoms with Gasteiger partial charge in [-0.1, -0.05) is 92.9 Å². The molecule has 0 aromatic rings. The van der Waals surface area contributed by atoms with Crippen molar-refractivity contribution in [1.82, 2.24) is 26.2 Å². The van der Waals surface area contributed by atoms with Crippen LogP contribution < -0.4 is 27.0 Å². The van der Waals surface area contributed by atoms with Crippen molar-refractivity contribution in [2.75, 3.05) is 20.1 Å². The normalized spacial score (nSPS) is 26.2. The fraction of sp³-hybridized carbons (Fsp3) is 0.838. The Morgan fingerprint density at radius 2 is 1.39 bits per heavy atom. The molecule has 0 unspecified atom stereocenters. The van der Waals surface area contributed by atoms with Crippen LogP contribution in [0.2, 0.25) is 0 Å². The highest BCUT2D eigenvalue weighted by Gasteiger charge is 2.38. The number of cyclic esters (lactones) is 1. The molecule has 0 radical (unpaired) electrons. The van der Waals surface area contributed by atoms with Crippen LogP contribution in [0.5, 0.6) is 0 Å². The molecule has 14 nitrogen and oxygen atoms in total. The van der Waals surface area contributed by atoms with Crippen LogP contribution in [0.15, 0.2) is 0 Å². The molecule has 5 amide bonds. The van der Waals surface area contributed by atoms with Crippen LogP contribution >= 0.6 is 0 Å². The summed E-state index contributed by atoms with van der Waals surface area (Å²) in [4.78, 5) is 82.5. The molecule has 1 fully saturated rings. The highest BCUT2D eigenvalue weighted by atomic mass is 16.5. The number of esters is 1. The van der Waals surface area contributed by atoms with E-state index >= 15 is 0 Å². The van der Waals surface area contributed by atoms with Gasteiger partial charge in [0.2, 0.25) is 29.5 Å². The van der Waals surface area contributed by atoms with E-state index in [1.54, 1.807) is 20.9 Å². The van der Waals surface area contributed by atoms with Crippen molar-refractivity contribution < 1.29 is 38.6 Å². The van der Waals surface area contributed by atoms with E-state index in [1.807, 2.05) is 20.8 Å². The molecule has 0 aromatic carbocycles. The molecule has 1 aliphatic heterocycles. The summed E-state index contributed by atoms with van der Waals surface area (Å²) in [7, 11) is 1.55. The number of aliphatic hydroxyl groups is 1. The summed E-state index contributed by atoms with van der Waals surface area (Å²) in [5, 5.41) is 20.6. The highest BCUT2D eigenvalue weighted by molar-refractivity contribution is 5.96. The summed E-state index contributed by atoms with van der Waals surface area (Å²) < 4.78 is 5.82. The predicted octanol–water partition coefficient (Wildman–Crippen LogP) is 2.30. The van der Waals surface area contributed by atoms with E-state index in [9.17, 15) is 33.9 Å². The van der Waals surface area contributed by atoms with Gasteiger partial charge >= 0.3 is 5.97 Å². The fourth-order valence-electron chi connectivity index (χ4n) is 6.10. The smallest absolute Gasteiger partial charge is 0.325 e. The first-order valence-corrected chi connectivity index (χ1v) is 19.1. The first kappa shape index (κ1) is 45.8. The molecule has 1 heterocycles. The first-order valence-electron chi connectivity index (χ1n) is 19.1. The second kappa shape index (κ2) is 24.1. The number of amides is 5. The largest absolute Gasteiger partial charge is 0.460 e. The Balaban J connectivity index is 3.53. The molecule has 14 heteroatoms. The van der Waals surface area contributed by atoms with Gasteiger partial charge in [0, 0.05) is 13.6 Å². The van der Waals surface area contributed by atoms with Crippen LogP contribution in [-0.4, -0.2) is 102 Å². The molecular weight excluding hydrogens is 656 g/mol. The van der Waals surface area contributed by atoms with Gasteiger partial charge in [-0.25, -0.2) is 0 Å². The van der Waals surface area contributed by atoms with E-state index in [0.717, 1.165) is 25.7 Å². The lowest BCUT2D eigenvalue weighted by Crippen LogP contribution is -2.62. The molecule has 0 saturated carbocycles. The monoisotopic (exact) mass is 725 g/mol. The number of nitrogens with zero attached hydrogens (tertiary/aromatic N) is 1. The Labute approximate surface area is 305 Å². The molecule has 1 aliphatic rings. The maximum absolute atomic E-state index is 14.1. The standard InChI is InChI=1S/C37H68N6O8/c1-9-11-12-13-14-15-16-17-18-29-25(6)37(50)43(8)28(20-19-23(3)4)34(47)41-31(24(5)10-2)36(49)40-27(21-38)33(46)42-32(26(7)44)35(48)39-22-30(45)51-29/h23-29,31-32,44H,9-22,38H2,1-8H3,(H,39,48)(H,40,49)(H,41,47)(H,42,46)/t24-,25-,26+,27+,28+,29-,31+,32+/m1/s1. The second-order valence-corrected chi connectivity index (χ2v) is 14.6. The highest BCUT2D eigenvalue weighted by Crippen LogP contribution is 2.22. The number of unbranched alkanes of at least 4 members (excludes halogenated alkanes) is 7. The second-order valence-electron chi connectivity index (χ2n) is 14.6. The van der Waals surface area contributed by atoms with E-state index in [4.69, 9.17) is 10.5 Å². The third-order valence-corrected chi connectivity index (χ3v) is 9.84. The van der Waals surface area contributed by atoms with Crippen molar-refractivity contribution in [2.45, 2.75) is 162 Å². The van der Waals surface area contributed by atoms with E-state index in [1.165, 1.54) is 31.1 Å². The maximum Gasteiger partial charge on any atom is 0.325 e. The van der Waals surface area contributed by atoms with Crippen molar-refractivity contribution >= 4 is 35.5 Å². The van der Waals surface area contributed by atoms with E-state index in [0.29, 0.717) is 32.1 Å². The van der Waals surface area contributed by atoms with Crippen molar-refractivity contribution in [3.05, 3.63) is 0 Å². The lowest BCUT2D eigenvalue weighted by molar-refractivity contribution is -0.157. The van der Waals surface area contributed by atoms with Crippen molar-refractivity contribution in [1.29, 1.82) is 0 Å². The van der Waals surface area contributed by atoms with Gasteiger partial charge in [-0.3, -0.25) is 28.8 Å². The number of ether oxygens (including phenoxy) is 1. The molecule has 1 saturated heterocycles. The molecule has 0 aromatic heterocycles. The molecule has 51 heavy (non-hydrogen) atoms. The number of hydrogen-bond donors (Lipinski definition) is 6. The van der Waals surface area contributed by atoms with Crippen molar-refractivity contribution in [2.24, 2.45) is 23.5 Å². The van der Waals surface area contributed by atoms with Crippen LogP contribution in [0, 0.1) is 17.8 Å². The predicted molar refractivity (Wildman–Crippen MR) is 196 cm³/mol. The van der Waals surface area contributed by atoms with Crippen LogP contribution in [0.1, 0.15) is 126 Å². The van der Waals surface area contributed by atoms with Crippen molar-refractivity contribution in [3.63, 3.8) is 0 Å². The van der Waals surface area contributed by atoms with Gasteiger partial charge in [0.15, 0.2) is 0 Å². The zero-order valence-corrected chi connectivity index (χ0v) is 32.4. The van der Waals surface area contributed by atoms with Crippen LogP contribution in [0.4, 0.5) is 0 Å². The minimum absolute atomic E-state index is 0.226. The summed E-state index contributed by atoms with van der Waals surface area (Å²) in [6, 6.07) is -4.78. The minimum Gasteiger partial charge on any atom is -0.460 e. The van der Waals surface area contributed by atoms with Crippen molar-refractivity contribution in [3.8, 4) is 0 Å². The Morgan fingerprint density at radius 3 is 1.94 bits per heavy atom. The molecule has 1 rings (SSSR count). The Morgan fingerprint density at radius 1 is 0.804 bits per heavy atom. The maximum atomic E-state index is 14.1. The van der Waals surface area contributed by atoms with E-state index in [-0.39, 0.29) is 18.4 Å². The number of carbonyl (C=O) groups is 6. The number of aliphatic hydroxyl groups excluding tert-OH is 1. The third-order valence-electron chi connectivity index (χ3n) is 9.84. The van der Waals surface area contributed by atoms with Gasteiger partial charge in [-0.15, -0.1) is 0 Å². The molecule has 8 atom stereocenters. The van der Waals surface area contributed by atoms with E-state index < -0.39 is 84.3 Å². The lowest BCUT2D eigenvalue weighted by Gasteiger charge is -2.34. The van der Waals surface area contributed by atoms with Gasteiger partial charge in [0.25, 0.3) is 0 Å². The molecule has 294 valence electrons. The molecule has 0 spiro atoms.